The summed E-state index contributed by atoms with van der Waals surface area (Å²) >= 11 is 11.7. The Bertz CT molecular complexity index is 2500. The van der Waals surface area contributed by atoms with Crippen molar-refractivity contribution in [2.45, 2.75) is 60.7 Å². The maximum Gasteiger partial charge on any atom is 0.416 e. The third kappa shape index (κ3) is 9.86. The summed E-state index contributed by atoms with van der Waals surface area (Å²) in [5.41, 5.74) is -16.8. The number of benzene rings is 4. The van der Waals surface area contributed by atoms with Gasteiger partial charge in [0.05, 0.1) is 43.4 Å². The normalized spacial score (nSPS) is 19.8. The van der Waals surface area contributed by atoms with Crippen LogP contribution in [0.2, 0.25) is 10.0 Å². The fraction of sp³-hybridized carbons (Fsp3) is 0.325. The average molecular weight is 988 g/mol. The summed E-state index contributed by atoms with van der Waals surface area (Å²) in [5.74, 6) is -1.76. The largest absolute Gasteiger partial charge is 0.416 e. The Labute approximate surface area is 363 Å². The number of alkyl halides is 18. The molecule has 0 N–H and O–H groups in total. The van der Waals surface area contributed by atoms with Crippen molar-refractivity contribution in [3.8, 4) is 12.1 Å². The molecule has 2 fully saturated rings. The van der Waals surface area contributed by atoms with Crippen LogP contribution in [-0.2, 0) is 40.3 Å². The Morgan fingerprint density at radius 1 is 0.508 bits per heavy atom. The molecule has 2 heterocycles. The molecule has 0 radical (unpaired) electrons. The van der Waals surface area contributed by atoms with E-state index in [9.17, 15) is 83.8 Å². The van der Waals surface area contributed by atoms with E-state index in [1.54, 1.807) is 12.1 Å². The van der Waals surface area contributed by atoms with Crippen molar-refractivity contribution in [1.29, 1.82) is 10.5 Å². The zero-order chi connectivity index (χ0) is 49.1. The van der Waals surface area contributed by atoms with E-state index in [1.807, 2.05) is 0 Å². The van der Waals surface area contributed by atoms with Gasteiger partial charge < -0.3 is 9.80 Å². The lowest BCUT2D eigenvalue weighted by Crippen LogP contribution is -2.49. The first-order chi connectivity index (χ1) is 29.6. The Kier molecular flexibility index (Phi) is 13.2. The van der Waals surface area contributed by atoms with Crippen molar-refractivity contribution in [1.82, 2.24) is 0 Å². The third-order valence-electron chi connectivity index (χ3n) is 10.7. The predicted molar refractivity (Wildman–Crippen MR) is 194 cm³/mol. The Balaban J connectivity index is 0.000000244. The van der Waals surface area contributed by atoms with Crippen LogP contribution in [0.4, 0.5) is 90.4 Å². The van der Waals surface area contributed by atoms with Crippen molar-refractivity contribution in [2.75, 3.05) is 29.4 Å². The van der Waals surface area contributed by atoms with E-state index in [4.69, 9.17) is 33.7 Å². The molecular formula is C40H22Cl2F18N4O. The first-order valence-electron chi connectivity index (χ1n) is 17.8. The molecule has 2 atom stereocenters. The Hall–Kier alpha value is -5.55. The molecule has 1 amide bonds. The topological polar surface area (TPSA) is 71.1 Å². The van der Waals surface area contributed by atoms with Crippen LogP contribution in [0.5, 0.6) is 0 Å². The van der Waals surface area contributed by atoms with Gasteiger partial charge in [0.25, 0.3) is 0 Å². The molecule has 4 aromatic carbocycles. The van der Waals surface area contributed by atoms with Crippen molar-refractivity contribution < 1.29 is 83.8 Å². The summed E-state index contributed by atoms with van der Waals surface area (Å²) in [4.78, 5) is 14.7. The number of carbonyl (C=O) groups excluding carboxylic acids is 1. The van der Waals surface area contributed by atoms with Gasteiger partial charge in [-0.15, -0.1) is 0 Å². The van der Waals surface area contributed by atoms with Crippen LogP contribution in [0.15, 0.2) is 72.8 Å². The molecule has 348 valence electrons. The number of hydrogen-bond donors (Lipinski definition) is 0. The molecule has 0 spiro atoms. The van der Waals surface area contributed by atoms with Gasteiger partial charge in [0.2, 0.25) is 5.91 Å². The molecule has 4 aromatic rings. The van der Waals surface area contributed by atoms with Gasteiger partial charge in [-0.2, -0.15) is 89.6 Å². The van der Waals surface area contributed by atoms with E-state index in [0.717, 1.165) is 23.1 Å². The molecule has 2 unspecified atom stereocenters. The van der Waals surface area contributed by atoms with Crippen LogP contribution in [0.25, 0.3) is 0 Å². The average Bonchev–Trinajstić information content (AvgIpc) is 3.80. The molecule has 0 saturated carbocycles. The molecule has 65 heavy (non-hydrogen) atoms. The summed E-state index contributed by atoms with van der Waals surface area (Å²) in [6, 6.07) is 10.0. The summed E-state index contributed by atoms with van der Waals surface area (Å²) in [7, 11) is 0. The van der Waals surface area contributed by atoms with Gasteiger partial charge in [-0.3, -0.25) is 4.79 Å². The molecule has 0 aromatic heterocycles. The SMILES string of the molecule is N#Cc1ccc(N2CCC(c3cc(C(F)(F)F)cc(C(F)(F)F)c3)(C(F)(F)F)C2)cc1Cl.N#Cc1ccc(N2CCC(c3cc(C(F)(F)F)cc(C(F)(F)F)c3)(C(F)(F)F)C2=O)cc1Cl. The maximum atomic E-state index is 14.2. The number of nitrogens with zero attached hydrogens (tertiary/aromatic N) is 4. The number of carbonyl (C=O) groups is 1. The van der Waals surface area contributed by atoms with Gasteiger partial charge in [-0.1, -0.05) is 23.2 Å². The number of halogens is 20. The van der Waals surface area contributed by atoms with Crippen molar-refractivity contribution in [3.05, 3.63) is 127 Å². The number of hydrogen-bond acceptors (Lipinski definition) is 4. The molecule has 2 aliphatic heterocycles. The minimum absolute atomic E-state index is 0.0482. The third-order valence-corrected chi connectivity index (χ3v) is 11.3. The zero-order valence-electron chi connectivity index (χ0n) is 31.7. The van der Waals surface area contributed by atoms with Gasteiger partial charge in [0.1, 0.15) is 17.6 Å². The van der Waals surface area contributed by atoms with Crippen LogP contribution < -0.4 is 9.80 Å². The quantitative estimate of drug-likeness (QED) is 0.191. The standard InChI is InChI=1S/C20H10ClF9N2O.C20H12ClF9N2/c21-15-8-14(2-1-10(15)9-31)32-4-3-17(16(32)33,20(28,29)30)11-5-12(18(22,23)24)7-13(6-11)19(25,26)27;21-16-8-15(2-1-11(16)9-31)32-4-3-17(10-32,20(28,29)30)12-5-13(18(22,23)24)7-14(6-12)19(25,26)27/h1-2,5-8H,3-4H2;1-2,5-8H,3-4,10H2. The highest BCUT2D eigenvalue weighted by Gasteiger charge is 2.66. The van der Waals surface area contributed by atoms with Crippen molar-refractivity contribution in [3.63, 3.8) is 0 Å². The van der Waals surface area contributed by atoms with Crippen LogP contribution in [0.1, 0.15) is 57.3 Å². The fourth-order valence-electron chi connectivity index (χ4n) is 7.31. The monoisotopic (exact) mass is 986 g/mol. The van der Waals surface area contributed by atoms with Gasteiger partial charge in [-0.25, -0.2) is 0 Å². The van der Waals surface area contributed by atoms with E-state index >= 15 is 0 Å². The highest BCUT2D eigenvalue weighted by molar-refractivity contribution is 6.32. The number of nitriles is 2. The molecule has 25 heteroatoms. The van der Waals surface area contributed by atoms with Crippen LogP contribution in [0, 0.1) is 22.7 Å². The van der Waals surface area contributed by atoms with Gasteiger partial charge in [-0.05, 0) is 96.8 Å². The minimum Gasteiger partial charge on any atom is -0.370 e. The highest BCUT2D eigenvalue weighted by Crippen LogP contribution is 2.53. The van der Waals surface area contributed by atoms with E-state index in [0.29, 0.717) is 4.90 Å². The second-order valence-corrected chi connectivity index (χ2v) is 15.3. The van der Waals surface area contributed by atoms with E-state index in [-0.39, 0.29) is 75.5 Å². The first-order valence-corrected chi connectivity index (χ1v) is 18.6. The lowest BCUT2D eigenvalue weighted by molar-refractivity contribution is -0.191. The zero-order valence-corrected chi connectivity index (χ0v) is 33.2. The lowest BCUT2D eigenvalue weighted by Gasteiger charge is -2.33. The summed E-state index contributed by atoms with van der Waals surface area (Å²) in [6.07, 6.45) is -33.9. The van der Waals surface area contributed by atoms with E-state index in [1.165, 1.54) is 18.2 Å². The van der Waals surface area contributed by atoms with Crippen LogP contribution in [-0.4, -0.2) is 37.9 Å². The molecular weight excluding hydrogens is 965 g/mol. The van der Waals surface area contributed by atoms with E-state index in [2.05, 4.69) is 0 Å². The highest BCUT2D eigenvalue weighted by atomic mass is 35.5. The fourth-order valence-corrected chi connectivity index (χ4v) is 7.74. The van der Waals surface area contributed by atoms with E-state index < -0.39 is 113 Å². The first kappa shape index (κ1) is 50.4. The maximum absolute atomic E-state index is 14.2. The smallest absolute Gasteiger partial charge is 0.370 e. The Morgan fingerprint density at radius 3 is 1.28 bits per heavy atom. The lowest BCUT2D eigenvalue weighted by atomic mass is 9.77. The molecule has 5 nitrogen and oxygen atoms in total. The Morgan fingerprint density at radius 2 is 0.908 bits per heavy atom. The number of rotatable bonds is 4. The second-order valence-electron chi connectivity index (χ2n) is 14.5. The minimum atomic E-state index is -5.53. The summed E-state index contributed by atoms with van der Waals surface area (Å²) in [6.45, 7) is -1.89. The molecule has 2 saturated heterocycles. The van der Waals surface area contributed by atoms with Crippen molar-refractivity contribution >= 4 is 40.5 Å². The number of anilines is 2. The van der Waals surface area contributed by atoms with Crippen LogP contribution >= 0.6 is 23.2 Å². The van der Waals surface area contributed by atoms with Gasteiger partial charge >= 0.3 is 37.1 Å². The molecule has 6 rings (SSSR count). The second kappa shape index (κ2) is 17.0. The summed E-state index contributed by atoms with van der Waals surface area (Å²) < 4.78 is 244. The van der Waals surface area contributed by atoms with Crippen LogP contribution in [0.3, 0.4) is 0 Å². The van der Waals surface area contributed by atoms with Crippen molar-refractivity contribution in [2.24, 2.45) is 0 Å². The molecule has 2 aliphatic rings. The molecule has 0 bridgehead atoms. The van der Waals surface area contributed by atoms with Gasteiger partial charge in [0.15, 0.2) is 5.41 Å². The summed E-state index contributed by atoms with van der Waals surface area (Å²) in [5, 5.41) is 17.6. The molecule has 0 aliphatic carbocycles. The number of amides is 1. The van der Waals surface area contributed by atoms with Gasteiger partial charge in [0, 0.05) is 31.0 Å². The predicted octanol–water partition coefficient (Wildman–Crippen LogP) is 13.4.